The molecular formula is C15H18FNS. The lowest BCUT2D eigenvalue weighted by atomic mass is 10.0. The minimum Gasteiger partial charge on any atom is -0.309 e. The summed E-state index contributed by atoms with van der Waals surface area (Å²) in [6.07, 6.45) is 0.826. The standard InChI is InChI=1S/C15H18FNS/c1-3-17-14(15-11(2)7-8-18-15)10-12-5-4-6-13(16)9-12/h4-9,14,17H,3,10H2,1-2H3. The summed E-state index contributed by atoms with van der Waals surface area (Å²) in [5.41, 5.74) is 2.34. The molecule has 0 aliphatic heterocycles. The topological polar surface area (TPSA) is 12.0 Å². The summed E-state index contributed by atoms with van der Waals surface area (Å²) in [6.45, 7) is 5.14. The first-order valence-electron chi connectivity index (χ1n) is 6.22. The van der Waals surface area contributed by atoms with Crippen molar-refractivity contribution in [1.29, 1.82) is 0 Å². The number of halogens is 1. The monoisotopic (exact) mass is 263 g/mol. The summed E-state index contributed by atoms with van der Waals surface area (Å²) in [6, 6.07) is 9.27. The van der Waals surface area contributed by atoms with E-state index in [1.54, 1.807) is 23.5 Å². The Bertz CT molecular complexity index is 507. The zero-order chi connectivity index (χ0) is 13.0. The lowest BCUT2D eigenvalue weighted by molar-refractivity contribution is 0.552. The molecule has 0 aliphatic rings. The highest BCUT2D eigenvalue weighted by Crippen LogP contribution is 2.26. The number of hydrogen-bond acceptors (Lipinski definition) is 2. The first-order chi connectivity index (χ1) is 8.70. The summed E-state index contributed by atoms with van der Waals surface area (Å²) < 4.78 is 13.2. The molecule has 1 aromatic heterocycles. The number of benzene rings is 1. The minimum atomic E-state index is -0.161. The average Bonchev–Trinajstić information content (AvgIpc) is 2.75. The van der Waals surface area contributed by atoms with Gasteiger partial charge < -0.3 is 5.32 Å². The Morgan fingerprint density at radius 1 is 1.33 bits per heavy atom. The van der Waals surface area contributed by atoms with Crippen LogP contribution in [0.25, 0.3) is 0 Å². The average molecular weight is 263 g/mol. The van der Waals surface area contributed by atoms with Gasteiger partial charge in [0.15, 0.2) is 0 Å². The molecule has 2 aromatic rings. The maximum Gasteiger partial charge on any atom is 0.123 e. The normalized spacial score (nSPS) is 12.6. The van der Waals surface area contributed by atoms with E-state index in [0.717, 1.165) is 18.5 Å². The number of hydrogen-bond donors (Lipinski definition) is 1. The van der Waals surface area contributed by atoms with Crippen molar-refractivity contribution in [2.75, 3.05) is 6.54 Å². The molecule has 0 amide bonds. The number of thiophene rings is 1. The van der Waals surface area contributed by atoms with E-state index in [9.17, 15) is 4.39 Å². The Hall–Kier alpha value is -1.19. The molecule has 0 aliphatic carbocycles. The predicted octanol–water partition coefficient (Wildman–Crippen LogP) is 4.09. The van der Waals surface area contributed by atoms with Gasteiger partial charge in [-0.2, -0.15) is 0 Å². The lowest BCUT2D eigenvalue weighted by Crippen LogP contribution is -2.22. The van der Waals surface area contributed by atoms with Crippen LogP contribution in [-0.2, 0) is 6.42 Å². The number of aryl methyl sites for hydroxylation is 1. The van der Waals surface area contributed by atoms with Gasteiger partial charge in [0.2, 0.25) is 0 Å². The molecular weight excluding hydrogens is 245 g/mol. The fourth-order valence-electron chi connectivity index (χ4n) is 2.15. The molecule has 1 nitrogen and oxygen atoms in total. The number of likely N-dealkylation sites (N-methyl/N-ethyl adjacent to an activating group) is 1. The maximum atomic E-state index is 13.2. The van der Waals surface area contributed by atoms with Crippen molar-refractivity contribution in [3.8, 4) is 0 Å². The van der Waals surface area contributed by atoms with E-state index < -0.39 is 0 Å². The van der Waals surface area contributed by atoms with Gasteiger partial charge >= 0.3 is 0 Å². The smallest absolute Gasteiger partial charge is 0.123 e. The van der Waals surface area contributed by atoms with Crippen molar-refractivity contribution in [3.05, 3.63) is 57.5 Å². The van der Waals surface area contributed by atoms with Crippen LogP contribution in [0.5, 0.6) is 0 Å². The molecule has 0 radical (unpaired) electrons. The van der Waals surface area contributed by atoms with Crippen molar-refractivity contribution in [3.63, 3.8) is 0 Å². The van der Waals surface area contributed by atoms with E-state index in [-0.39, 0.29) is 11.9 Å². The quantitative estimate of drug-likeness (QED) is 0.856. The molecule has 1 N–H and O–H groups in total. The molecule has 0 fully saturated rings. The van der Waals surface area contributed by atoms with E-state index in [1.165, 1.54) is 16.5 Å². The molecule has 1 unspecified atom stereocenters. The molecule has 0 spiro atoms. The van der Waals surface area contributed by atoms with Crippen LogP contribution in [0.2, 0.25) is 0 Å². The molecule has 96 valence electrons. The predicted molar refractivity (Wildman–Crippen MR) is 75.6 cm³/mol. The molecule has 1 heterocycles. The van der Waals surface area contributed by atoms with Crippen LogP contribution in [0.15, 0.2) is 35.7 Å². The van der Waals surface area contributed by atoms with E-state index in [1.807, 2.05) is 6.07 Å². The Morgan fingerprint density at radius 3 is 2.78 bits per heavy atom. The summed E-state index contributed by atoms with van der Waals surface area (Å²) in [5, 5.41) is 5.59. The fraction of sp³-hybridized carbons (Fsp3) is 0.333. The van der Waals surface area contributed by atoms with Gasteiger partial charge in [-0.15, -0.1) is 11.3 Å². The Kier molecular flexibility index (Phi) is 4.50. The Labute approximate surface area is 112 Å². The molecule has 0 saturated heterocycles. The third-order valence-corrected chi connectivity index (χ3v) is 4.13. The molecule has 1 atom stereocenters. The van der Waals surface area contributed by atoms with E-state index in [0.29, 0.717) is 0 Å². The van der Waals surface area contributed by atoms with Gasteiger partial charge in [0.1, 0.15) is 5.82 Å². The van der Waals surface area contributed by atoms with Gasteiger partial charge in [-0.05, 0) is 54.6 Å². The third kappa shape index (κ3) is 3.18. The van der Waals surface area contributed by atoms with Crippen molar-refractivity contribution in [1.82, 2.24) is 5.32 Å². The van der Waals surface area contributed by atoms with Crippen LogP contribution in [0.4, 0.5) is 4.39 Å². The van der Waals surface area contributed by atoms with Crippen molar-refractivity contribution >= 4 is 11.3 Å². The summed E-state index contributed by atoms with van der Waals surface area (Å²) in [4.78, 5) is 1.35. The van der Waals surface area contributed by atoms with Crippen LogP contribution in [0, 0.1) is 12.7 Å². The second-order valence-corrected chi connectivity index (χ2v) is 5.36. The molecule has 0 bridgehead atoms. The SMILES string of the molecule is CCNC(Cc1cccc(F)c1)c1sccc1C. The van der Waals surface area contributed by atoms with Crippen molar-refractivity contribution in [2.45, 2.75) is 26.3 Å². The Balaban J connectivity index is 2.19. The number of nitrogens with one attached hydrogen (secondary N) is 1. The summed E-state index contributed by atoms with van der Waals surface area (Å²) in [5.74, 6) is -0.161. The zero-order valence-electron chi connectivity index (χ0n) is 10.7. The molecule has 0 saturated carbocycles. The van der Waals surface area contributed by atoms with E-state index >= 15 is 0 Å². The highest BCUT2D eigenvalue weighted by Gasteiger charge is 2.14. The molecule has 18 heavy (non-hydrogen) atoms. The highest BCUT2D eigenvalue weighted by molar-refractivity contribution is 7.10. The minimum absolute atomic E-state index is 0.161. The van der Waals surface area contributed by atoms with Crippen molar-refractivity contribution in [2.24, 2.45) is 0 Å². The van der Waals surface area contributed by atoms with Crippen LogP contribution in [-0.4, -0.2) is 6.54 Å². The zero-order valence-corrected chi connectivity index (χ0v) is 11.6. The Morgan fingerprint density at radius 2 is 2.17 bits per heavy atom. The van der Waals surface area contributed by atoms with Gasteiger partial charge in [0.25, 0.3) is 0 Å². The van der Waals surface area contributed by atoms with Gasteiger partial charge in [0.05, 0.1) is 0 Å². The highest BCUT2D eigenvalue weighted by atomic mass is 32.1. The largest absolute Gasteiger partial charge is 0.309 e. The number of rotatable bonds is 5. The first kappa shape index (κ1) is 13.2. The van der Waals surface area contributed by atoms with E-state index in [4.69, 9.17) is 0 Å². The van der Waals surface area contributed by atoms with Gasteiger partial charge in [-0.3, -0.25) is 0 Å². The van der Waals surface area contributed by atoms with Crippen LogP contribution in [0.1, 0.15) is 29.0 Å². The molecule has 2 rings (SSSR count). The second kappa shape index (κ2) is 6.12. The lowest BCUT2D eigenvalue weighted by Gasteiger charge is -2.18. The summed E-state index contributed by atoms with van der Waals surface area (Å²) in [7, 11) is 0. The van der Waals surface area contributed by atoms with Gasteiger partial charge in [-0.25, -0.2) is 4.39 Å². The van der Waals surface area contributed by atoms with Gasteiger partial charge in [-0.1, -0.05) is 19.1 Å². The second-order valence-electron chi connectivity index (χ2n) is 4.41. The van der Waals surface area contributed by atoms with Crippen molar-refractivity contribution < 1.29 is 4.39 Å². The van der Waals surface area contributed by atoms with Crippen LogP contribution < -0.4 is 5.32 Å². The van der Waals surface area contributed by atoms with Gasteiger partial charge in [0, 0.05) is 10.9 Å². The molecule has 1 aromatic carbocycles. The first-order valence-corrected chi connectivity index (χ1v) is 7.10. The van der Waals surface area contributed by atoms with Crippen LogP contribution in [0.3, 0.4) is 0 Å². The summed E-state index contributed by atoms with van der Waals surface area (Å²) >= 11 is 1.76. The fourth-order valence-corrected chi connectivity index (χ4v) is 3.15. The maximum absolute atomic E-state index is 13.2. The third-order valence-electron chi connectivity index (χ3n) is 3.00. The van der Waals surface area contributed by atoms with Crippen LogP contribution >= 0.6 is 11.3 Å². The van der Waals surface area contributed by atoms with E-state index in [2.05, 4.69) is 30.6 Å². The molecule has 3 heteroatoms.